The molecule has 2 N–H and O–H groups in total. The Morgan fingerprint density at radius 2 is 1.65 bits per heavy atom. The molecule has 0 aromatic heterocycles. The van der Waals surface area contributed by atoms with Crippen LogP contribution in [0.4, 0.5) is 11.4 Å². The average molecular weight is 344 g/mol. The van der Waals surface area contributed by atoms with Crippen molar-refractivity contribution in [2.45, 2.75) is 26.3 Å². The van der Waals surface area contributed by atoms with Crippen molar-refractivity contribution in [2.75, 3.05) is 10.6 Å². The zero-order valence-corrected chi connectivity index (χ0v) is 15.2. The van der Waals surface area contributed by atoms with Crippen molar-refractivity contribution in [3.8, 4) is 11.1 Å². The lowest BCUT2D eigenvalue weighted by Gasteiger charge is -2.17. The molecule has 3 rings (SSSR count). The molecule has 1 amide bonds. The minimum absolute atomic E-state index is 0.0599. The van der Waals surface area contributed by atoms with E-state index in [9.17, 15) is 4.79 Å². The fourth-order valence-electron chi connectivity index (χ4n) is 2.90. The standard InChI is InChI=1S/C23H24N2O/c1-3-18-10-9-13-20(16-18)24-17(2)23(26)25-22-15-8-7-14-21(22)19-11-5-4-6-12-19/h4-17,24H,3H2,1-2H3,(H,25,26)/t17-/m1/s1. The molecule has 3 aromatic rings. The van der Waals surface area contributed by atoms with Crippen molar-refractivity contribution in [2.24, 2.45) is 0 Å². The summed E-state index contributed by atoms with van der Waals surface area (Å²) in [6.45, 7) is 3.99. The maximum absolute atomic E-state index is 12.7. The van der Waals surface area contributed by atoms with Gasteiger partial charge in [-0.2, -0.15) is 0 Å². The molecule has 0 saturated heterocycles. The summed E-state index contributed by atoms with van der Waals surface area (Å²) < 4.78 is 0. The van der Waals surface area contributed by atoms with E-state index in [1.54, 1.807) is 0 Å². The van der Waals surface area contributed by atoms with Gasteiger partial charge in [0.15, 0.2) is 0 Å². The summed E-state index contributed by atoms with van der Waals surface area (Å²) in [6.07, 6.45) is 0.973. The quantitative estimate of drug-likeness (QED) is 0.632. The van der Waals surface area contributed by atoms with Crippen LogP contribution in [0.2, 0.25) is 0 Å². The normalized spacial score (nSPS) is 11.6. The van der Waals surface area contributed by atoms with E-state index >= 15 is 0 Å². The number of aryl methyl sites for hydroxylation is 1. The Morgan fingerprint density at radius 1 is 0.923 bits per heavy atom. The van der Waals surface area contributed by atoms with Crippen LogP contribution in [0.3, 0.4) is 0 Å². The molecule has 0 radical (unpaired) electrons. The number of nitrogens with one attached hydrogen (secondary N) is 2. The first kappa shape index (κ1) is 17.7. The van der Waals surface area contributed by atoms with Gasteiger partial charge >= 0.3 is 0 Å². The summed E-state index contributed by atoms with van der Waals surface area (Å²) in [5, 5.41) is 6.34. The third-order valence-corrected chi connectivity index (χ3v) is 4.38. The Bertz CT molecular complexity index is 874. The van der Waals surface area contributed by atoms with E-state index < -0.39 is 0 Å². The van der Waals surface area contributed by atoms with Crippen molar-refractivity contribution < 1.29 is 4.79 Å². The second-order valence-electron chi connectivity index (χ2n) is 6.32. The van der Waals surface area contributed by atoms with E-state index in [1.165, 1.54) is 5.56 Å². The fraction of sp³-hybridized carbons (Fsp3) is 0.174. The minimum atomic E-state index is -0.342. The van der Waals surface area contributed by atoms with Gasteiger partial charge in [0, 0.05) is 16.9 Å². The van der Waals surface area contributed by atoms with E-state index in [2.05, 4.69) is 29.7 Å². The highest BCUT2D eigenvalue weighted by molar-refractivity contribution is 5.99. The lowest BCUT2D eigenvalue weighted by Crippen LogP contribution is -2.32. The number of anilines is 2. The highest BCUT2D eigenvalue weighted by Gasteiger charge is 2.15. The topological polar surface area (TPSA) is 41.1 Å². The van der Waals surface area contributed by atoms with Crippen molar-refractivity contribution in [3.05, 3.63) is 84.4 Å². The third-order valence-electron chi connectivity index (χ3n) is 4.38. The first-order valence-electron chi connectivity index (χ1n) is 8.98. The molecule has 132 valence electrons. The maximum atomic E-state index is 12.7. The van der Waals surface area contributed by atoms with E-state index in [1.807, 2.05) is 73.7 Å². The molecule has 0 heterocycles. The number of benzene rings is 3. The Balaban J connectivity index is 1.74. The smallest absolute Gasteiger partial charge is 0.246 e. The first-order valence-corrected chi connectivity index (χ1v) is 8.98. The average Bonchev–Trinajstić information content (AvgIpc) is 2.69. The molecule has 3 nitrogen and oxygen atoms in total. The summed E-state index contributed by atoms with van der Waals surface area (Å²) in [4.78, 5) is 12.7. The van der Waals surface area contributed by atoms with E-state index in [-0.39, 0.29) is 11.9 Å². The Labute approximate surface area is 155 Å². The van der Waals surface area contributed by atoms with Crippen LogP contribution in [0.15, 0.2) is 78.9 Å². The van der Waals surface area contributed by atoms with Crippen LogP contribution in [0.25, 0.3) is 11.1 Å². The molecule has 0 unspecified atom stereocenters. The maximum Gasteiger partial charge on any atom is 0.246 e. The number of para-hydroxylation sites is 1. The second kappa shape index (κ2) is 8.34. The zero-order valence-electron chi connectivity index (χ0n) is 15.2. The highest BCUT2D eigenvalue weighted by Crippen LogP contribution is 2.27. The Kier molecular flexibility index (Phi) is 5.69. The van der Waals surface area contributed by atoms with Crippen LogP contribution in [0.1, 0.15) is 19.4 Å². The summed E-state index contributed by atoms with van der Waals surface area (Å²) >= 11 is 0. The van der Waals surface area contributed by atoms with Crippen LogP contribution in [-0.2, 0) is 11.2 Å². The molecule has 1 atom stereocenters. The molecular formula is C23H24N2O. The molecular weight excluding hydrogens is 320 g/mol. The van der Waals surface area contributed by atoms with Gasteiger partial charge in [-0.15, -0.1) is 0 Å². The van der Waals surface area contributed by atoms with Gasteiger partial charge in [-0.1, -0.05) is 67.6 Å². The first-order chi connectivity index (χ1) is 12.7. The van der Waals surface area contributed by atoms with Gasteiger partial charge in [0.1, 0.15) is 6.04 Å². The largest absolute Gasteiger partial charge is 0.374 e. The van der Waals surface area contributed by atoms with Gasteiger partial charge in [-0.3, -0.25) is 4.79 Å². The molecule has 0 aliphatic rings. The summed E-state index contributed by atoms with van der Waals surface area (Å²) in [5.41, 5.74) is 5.13. The predicted molar refractivity (Wildman–Crippen MR) is 109 cm³/mol. The lowest BCUT2D eigenvalue weighted by atomic mass is 10.0. The van der Waals surface area contributed by atoms with Crippen molar-refractivity contribution in [1.82, 2.24) is 0 Å². The molecule has 0 spiro atoms. The van der Waals surface area contributed by atoms with E-state index in [0.717, 1.165) is 28.9 Å². The van der Waals surface area contributed by atoms with Gasteiger partial charge in [-0.05, 0) is 42.7 Å². The van der Waals surface area contributed by atoms with E-state index in [0.29, 0.717) is 0 Å². The zero-order chi connectivity index (χ0) is 18.4. The van der Waals surface area contributed by atoms with Crippen LogP contribution in [0.5, 0.6) is 0 Å². The molecule has 0 saturated carbocycles. The fourth-order valence-corrected chi connectivity index (χ4v) is 2.90. The van der Waals surface area contributed by atoms with Gasteiger partial charge in [0.05, 0.1) is 0 Å². The summed E-state index contributed by atoms with van der Waals surface area (Å²) in [6, 6.07) is 25.8. The number of hydrogen-bond acceptors (Lipinski definition) is 2. The molecule has 3 heteroatoms. The molecule has 3 aromatic carbocycles. The summed E-state index contributed by atoms with van der Waals surface area (Å²) in [5.74, 6) is -0.0599. The Morgan fingerprint density at radius 3 is 2.42 bits per heavy atom. The predicted octanol–water partition coefficient (Wildman–Crippen LogP) is 5.36. The Hall–Kier alpha value is -3.07. The number of hydrogen-bond donors (Lipinski definition) is 2. The number of carbonyl (C=O) groups excluding carboxylic acids is 1. The molecule has 26 heavy (non-hydrogen) atoms. The van der Waals surface area contributed by atoms with Crippen LogP contribution in [0, 0.1) is 0 Å². The third kappa shape index (κ3) is 4.31. The molecule has 0 bridgehead atoms. The highest BCUT2D eigenvalue weighted by atomic mass is 16.2. The second-order valence-corrected chi connectivity index (χ2v) is 6.32. The van der Waals surface area contributed by atoms with Crippen molar-refractivity contribution >= 4 is 17.3 Å². The molecule has 0 aliphatic carbocycles. The monoisotopic (exact) mass is 344 g/mol. The van der Waals surface area contributed by atoms with Crippen molar-refractivity contribution in [1.29, 1.82) is 0 Å². The molecule has 0 fully saturated rings. The van der Waals surface area contributed by atoms with E-state index in [4.69, 9.17) is 0 Å². The number of carbonyl (C=O) groups is 1. The minimum Gasteiger partial charge on any atom is -0.374 e. The van der Waals surface area contributed by atoms with Crippen LogP contribution in [-0.4, -0.2) is 11.9 Å². The number of amides is 1. The SMILES string of the molecule is CCc1cccc(N[C@H](C)C(=O)Nc2ccccc2-c2ccccc2)c1. The van der Waals surface area contributed by atoms with Gasteiger partial charge < -0.3 is 10.6 Å². The van der Waals surface area contributed by atoms with Crippen LogP contribution >= 0.6 is 0 Å². The summed E-state index contributed by atoms with van der Waals surface area (Å²) in [7, 11) is 0. The van der Waals surface area contributed by atoms with Gasteiger partial charge in [-0.25, -0.2) is 0 Å². The lowest BCUT2D eigenvalue weighted by molar-refractivity contribution is -0.116. The van der Waals surface area contributed by atoms with Crippen LogP contribution < -0.4 is 10.6 Å². The molecule has 0 aliphatic heterocycles. The van der Waals surface area contributed by atoms with Gasteiger partial charge in [0.25, 0.3) is 0 Å². The van der Waals surface area contributed by atoms with Gasteiger partial charge in [0.2, 0.25) is 5.91 Å². The van der Waals surface area contributed by atoms with Crippen molar-refractivity contribution in [3.63, 3.8) is 0 Å². The number of rotatable bonds is 6.